The standard InChI is InChI=1S/C20H17F3N2O3S/c1-13-2-9-17(10-3-13)29(26,27)25-18-12-14(20(21,22)23)4-11-19(18)28-16-7-5-15(24)6-8-16/h2-12,25H,24H2,1H3. The van der Waals surface area contributed by atoms with E-state index >= 15 is 0 Å². The van der Waals surface area contributed by atoms with Crippen LogP contribution in [-0.2, 0) is 16.2 Å². The van der Waals surface area contributed by atoms with Gasteiger partial charge in [0.25, 0.3) is 10.0 Å². The zero-order valence-corrected chi connectivity index (χ0v) is 16.0. The molecule has 0 aliphatic heterocycles. The third-order valence-electron chi connectivity index (χ3n) is 3.99. The van der Waals surface area contributed by atoms with Crippen molar-refractivity contribution in [3.63, 3.8) is 0 Å². The predicted molar refractivity (Wildman–Crippen MR) is 104 cm³/mol. The fourth-order valence-corrected chi connectivity index (χ4v) is 3.52. The Balaban J connectivity index is 2.01. The van der Waals surface area contributed by atoms with Crippen molar-refractivity contribution in [1.29, 1.82) is 0 Å². The topological polar surface area (TPSA) is 81.4 Å². The summed E-state index contributed by atoms with van der Waals surface area (Å²) in [6.07, 6.45) is -4.65. The third kappa shape index (κ3) is 5.00. The third-order valence-corrected chi connectivity index (χ3v) is 5.37. The number of benzene rings is 3. The van der Waals surface area contributed by atoms with Gasteiger partial charge < -0.3 is 10.5 Å². The Morgan fingerprint density at radius 1 is 0.931 bits per heavy atom. The number of rotatable bonds is 5. The maximum atomic E-state index is 13.1. The van der Waals surface area contributed by atoms with Crippen molar-refractivity contribution in [2.24, 2.45) is 0 Å². The van der Waals surface area contributed by atoms with Crippen molar-refractivity contribution >= 4 is 21.4 Å². The SMILES string of the molecule is Cc1ccc(S(=O)(=O)Nc2cc(C(F)(F)F)ccc2Oc2ccc(N)cc2)cc1. The lowest BCUT2D eigenvalue weighted by molar-refractivity contribution is -0.137. The van der Waals surface area contributed by atoms with Crippen LogP contribution in [0.15, 0.2) is 71.6 Å². The van der Waals surface area contributed by atoms with Crippen LogP contribution in [0.2, 0.25) is 0 Å². The van der Waals surface area contributed by atoms with Crippen LogP contribution in [0.3, 0.4) is 0 Å². The zero-order chi connectivity index (χ0) is 21.2. The summed E-state index contributed by atoms with van der Waals surface area (Å²) < 4.78 is 72.5. The molecule has 9 heteroatoms. The van der Waals surface area contributed by atoms with E-state index in [0.29, 0.717) is 11.8 Å². The second-order valence-corrected chi connectivity index (χ2v) is 7.98. The highest BCUT2D eigenvalue weighted by atomic mass is 32.2. The second kappa shape index (κ2) is 7.67. The Hall–Kier alpha value is -3.20. The van der Waals surface area contributed by atoms with Crippen LogP contribution in [0, 0.1) is 6.92 Å². The van der Waals surface area contributed by atoms with Crippen molar-refractivity contribution in [3.8, 4) is 11.5 Å². The Morgan fingerprint density at radius 3 is 2.14 bits per heavy atom. The van der Waals surface area contributed by atoms with Crippen LogP contribution in [0.25, 0.3) is 0 Å². The summed E-state index contributed by atoms with van der Waals surface area (Å²) in [4.78, 5) is -0.0843. The average Bonchev–Trinajstić information content (AvgIpc) is 2.64. The molecule has 0 aliphatic carbocycles. The monoisotopic (exact) mass is 422 g/mol. The number of aryl methyl sites for hydroxylation is 1. The molecule has 0 aliphatic rings. The minimum atomic E-state index is -4.65. The molecule has 0 amide bonds. The molecule has 0 spiro atoms. The van der Waals surface area contributed by atoms with Gasteiger partial charge in [-0.2, -0.15) is 13.2 Å². The molecule has 0 radical (unpaired) electrons. The number of nitrogen functional groups attached to an aromatic ring is 1. The zero-order valence-electron chi connectivity index (χ0n) is 15.2. The van der Waals surface area contributed by atoms with Gasteiger partial charge in [0.15, 0.2) is 5.75 Å². The number of nitrogens with one attached hydrogen (secondary N) is 1. The fraction of sp³-hybridized carbons (Fsp3) is 0.100. The summed E-state index contributed by atoms with van der Waals surface area (Å²) in [6.45, 7) is 1.79. The van der Waals surface area contributed by atoms with Crippen molar-refractivity contribution in [2.45, 2.75) is 18.0 Å². The van der Waals surface area contributed by atoms with E-state index < -0.39 is 21.8 Å². The van der Waals surface area contributed by atoms with Crippen LogP contribution in [0.4, 0.5) is 24.5 Å². The molecule has 0 unspecified atom stereocenters. The first-order valence-corrected chi connectivity index (χ1v) is 9.87. The molecule has 0 bridgehead atoms. The van der Waals surface area contributed by atoms with E-state index in [1.165, 1.54) is 24.3 Å². The van der Waals surface area contributed by atoms with Gasteiger partial charge in [-0.3, -0.25) is 4.72 Å². The number of halogens is 3. The first-order chi connectivity index (χ1) is 13.5. The summed E-state index contributed by atoms with van der Waals surface area (Å²) in [5, 5.41) is 0. The van der Waals surface area contributed by atoms with E-state index in [4.69, 9.17) is 10.5 Å². The average molecular weight is 422 g/mol. The quantitative estimate of drug-likeness (QED) is 0.555. The first-order valence-electron chi connectivity index (χ1n) is 8.39. The molecule has 0 saturated heterocycles. The molecule has 152 valence electrons. The Bertz CT molecular complexity index is 1110. The molecule has 5 nitrogen and oxygen atoms in total. The smallest absolute Gasteiger partial charge is 0.416 e. The van der Waals surface area contributed by atoms with E-state index in [1.807, 2.05) is 0 Å². The lowest BCUT2D eigenvalue weighted by Crippen LogP contribution is -2.15. The van der Waals surface area contributed by atoms with Gasteiger partial charge in [0, 0.05) is 5.69 Å². The summed E-state index contributed by atoms with van der Waals surface area (Å²) in [5.74, 6) is 0.202. The molecular formula is C20H17F3N2O3S. The summed E-state index contributed by atoms with van der Waals surface area (Å²) in [5.41, 5.74) is 5.58. The number of nitrogens with two attached hydrogens (primary N) is 1. The maximum absolute atomic E-state index is 13.1. The van der Waals surface area contributed by atoms with E-state index in [2.05, 4.69) is 4.72 Å². The minimum Gasteiger partial charge on any atom is -0.455 e. The summed E-state index contributed by atoms with van der Waals surface area (Å²) in [7, 11) is -4.13. The Morgan fingerprint density at radius 2 is 1.55 bits per heavy atom. The van der Waals surface area contributed by atoms with Crippen molar-refractivity contribution in [2.75, 3.05) is 10.5 Å². The number of hydrogen-bond donors (Lipinski definition) is 2. The van der Waals surface area contributed by atoms with E-state index in [1.54, 1.807) is 31.2 Å². The number of alkyl halides is 3. The highest BCUT2D eigenvalue weighted by Crippen LogP contribution is 2.37. The molecule has 0 aromatic heterocycles. The highest BCUT2D eigenvalue weighted by Gasteiger charge is 2.32. The van der Waals surface area contributed by atoms with Gasteiger partial charge in [0.2, 0.25) is 0 Å². The molecule has 0 atom stereocenters. The Kier molecular flexibility index (Phi) is 5.43. The van der Waals surface area contributed by atoms with Gasteiger partial charge in [-0.1, -0.05) is 17.7 Å². The molecule has 3 aromatic carbocycles. The van der Waals surface area contributed by atoms with Gasteiger partial charge in [-0.15, -0.1) is 0 Å². The number of hydrogen-bond acceptors (Lipinski definition) is 4. The lowest BCUT2D eigenvalue weighted by atomic mass is 10.2. The molecule has 29 heavy (non-hydrogen) atoms. The predicted octanol–water partition coefficient (Wildman–Crippen LogP) is 5.19. The van der Waals surface area contributed by atoms with Crippen LogP contribution in [0.5, 0.6) is 11.5 Å². The van der Waals surface area contributed by atoms with Crippen LogP contribution in [0.1, 0.15) is 11.1 Å². The largest absolute Gasteiger partial charge is 0.455 e. The van der Waals surface area contributed by atoms with E-state index in [-0.39, 0.29) is 22.1 Å². The molecule has 3 aromatic rings. The molecule has 0 fully saturated rings. The molecule has 3 N–H and O–H groups in total. The lowest BCUT2D eigenvalue weighted by Gasteiger charge is -2.16. The molecule has 0 heterocycles. The number of anilines is 2. The van der Waals surface area contributed by atoms with Gasteiger partial charge in [-0.05, 0) is 61.5 Å². The Labute approximate surface area is 166 Å². The number of ether oxygens (including phenoxy) is 1. The van der Waals surface area contributed by atoms with Gasteiger partial charge in [0.05, 0.1) is 16.1 Å². The molecule has 3 rings (SSSR count). The van der Waals surface area contributed by atoms with Crippen LogP contribution in [-0.4, -0.2) is 8.42 Å². The normalized spacial score (nSPS) is 11.9. The number of sulfonamides is 1. The van der Waals surface area contributed by atoms with Crippen LogP contribution < -0.4 is 15.2 Å². The summed E-state index contributed by atoms with van der Waals surface area (Å²) >= 11 is 0. The minimum absolute atomic E-state index is 0.0843. The summed E-state index contributed by atoms with van der Waals surface area (Å²) in [6, 6.07) is 14.6. The highest BCUT2D eigenvalue weighted by molar-refractivity contribution is 7.92. The van der Waals surface area contributed by atoms with Gasteiger partial charge in [-0.25, -0.2) is 8.42 Å². The van der Waals surface area contributed by atoms with E-state index in [9.17, 15) is 21.6 Å². The molecular weight excluding hydrogens is 405 g/mol. The van der Waals surface area contributed by atoms with Crippen LogP contribution >= 0.6 is 0 Å². The van der Waals surface area contributed by atoms with Gasteiger partial charge in [0.1, 0.15) is 5.75 Å². The van der Waals surface area contributed by atoms with Crippen molar-refractivity contribution in [3.05, 3.63) is 77.9 Å². The van der Waals surface area contributed by atoms with E-state index in [0.717, 1.165) is 17.7 Å². The fourth-order valence-electron chi connectivity index (χ4n) is 2.46. The first kappa shape index (κ1) is 20.5. The van der Waals surface area contributed by atoms with Crippen molar-refractivity contribution < 1.29 is 26.3 Å². The molecule has 0 saturated carbocycles. The van der Waals surface area contributed by atoms with Crippen molar-refractivity contribution in [1.82, 2.24) is 0 Å². The van der Waals surface area contributed by atoms with Gasteiger partial charge >= 0.3 is 6.18 Å². The second-order valence-electron chi connectivity index (χ2n) is 6.30. The maximum Gasteiger partial charge on any atom is 0.416 e.